The lowest BCUT2D eigenvalue weighted by Crippen LogP contribution is -1.94. The van der Waals surface area contributed by atoms with Crippen molar-refractivity contribution in [1.29, 1.82) is 5.26 Å². The predicted octanol–water partition coefficient (Wildman–Crippen LogP) is 3.33. The summed E-state index contributed by atoms with van der Waals surface area (Å²) in [5.74, 6) is 0.804. The minimum atomic E-state index is 0.562. The van der Waals surface area contributed by atoms with Gasteiger partial charge in [-0.1, -0.05) is 0 Å². The fourth-order valence-corrected chi connectivity index (χ4v) is 2.65. The van der Waals surface area contributed by atoms with Crippen LogP contribution in [0.15, 0.2) is 20.6 Å². The highest BCUT2D eigenvalue weighted by Crippen LogP contribution is 2.32. The van der Waals surface area contributed by atoms with E-state index in [2.05, 4.69) is 16.0 Å². The predicted molar refractivity (Wildman–Crippen MR) is 68.5 cm³/mol. The van der Waals surface area contributed by atoms with Crippen molar-refractivity contribution >= 4 is 11.8 Å². The van der Waals surface area contributed by atoms with Gasteiger partial charge >= 0.3 is 0 Å². The molecule has 2 aromatic heterocycles. The van der Waals surface area contributed by atoms with Crippen molar-refractivity contribution in [2.45, 2.75) is 37.8 Å². The number of hydrogen-bond donors (Lipinski definition) is 0. The number of aryl methyl sites for hydroxylation is 4. The number of oxazole rings is 1. The summed E-state index contributed by atoms with van der Waals surface area (Å²) in [7, 11) is 0. The van der Waals surface area contributed by atoms with Gasteiger partial charge in [-0.3, -0.25) is 4.98 Å². The van der Waals surface area contributed by atoms with Crippen molar-refractivity contribution < 1.29 is 4.42 Å². The summed E-state index contributed by atoms with van der Waals surface area (Å²) in [4.78, 5) is 9.43. The van der Waals surface area contributed by atoms with Gasteiger partial charge in [-0.05, 0) is 45.5 Å². The molecule has 4 nitrogen and oxygen atoms in total. The van der Waals surface area contributed by atoms with E-state index < -0.39 is 0 Å². The molecule has 2 aromatic rings. The Morgan fingerprint density at radius 2 is 1.89 bits per heavy atom. The van der Waals surface area contributed by atoms with Crippen molar-refractivity contribution in [3.63, 3.8) is 0 Å². The second-order valence-electron chi connectivity index (χ2n) is 4.06. The molecule has 0 unspecified atom stereocenters. The Morgan fingerprint density at radius 3 is 2.44 bits per heavy atom. The van der Waals surface area contributed by atoms with Crippen molar-refractivity contribution in [3.05, 3.63) is 34.5 Å². The lowest BCUT2D eigenvalue weighted by Gasteiger charge is -2.04. The molecule has 0 aliphatic rings. The Kier molecular flexibility index (Phi) is 3.39. The fraction of sp³-hybridized carbons (Fsp3) is 0.308. The van der Waals surface area contributed by atoms with Gasteiger partial charge in [0.2, 0.25) is 0 Å². The van der Waals surface area contributed by atoms with Crippen LogP contribution in [0.5, 0.6) is 0 Å². The van der Waals surface area contributed by atoms with Crippen LogP contribution in [-0.2, 0) is 0 Å². The summed E-state index contributed by atoms with van der Waals surface area (Å²) in [5, 5.41) is 9.74. The second kappa shape index (κ2) is 4.83. The Morgan fingerprint density at radius 1 is 1.17 bits per heavy atom. The van der Waals surface area contributed by atoms with Crippen molar-refractivity contribution in [2.24, 2.45) is 0 Å². The molecule has 2 rings (SSSR count). The molecule has 0 atom stereocenters. The van der Waals surface area contributed by atoms with E-state index in [0.717, 1.165) is 27.7 Å². The Balaban J connectivity index is 2.43. The molecule has 0 aliphatic heterocycles. The van der Waals surface area contributed by atoms with E-state index in [1.165, 1.54) is 11.8 Å². The van der Waals surface area contributed by atoms with E-state index >= 15 is 0 Å². The number of hydrogen-bond acceptors (Lipinski definition) is 5. The van der Waals surface area contributed by atoms with E-state index in [4.69, 9.17) is 4.42 Å². The third kappa shape index (κ3) is 2.39. The summed E-state index contributed by atoms with van der Waals surface area (Å²) in [6, 6.07) is 4.06. The van der Waals surface area contributed by atoms with Crippen LogP contribution >= 0.6 is 11.8 Å². The van der Waals surface area contributed by atoms with Gasteiger partial charge in [0.1, 0.15) is 11.8 Å². The van der Waals surface area contributed by atoms with Crippen molar-refractivity contribution in [3.8, 4) is 6.07 Å². The third-order valence-electron chi connectivity index (χ3n) is 2.61. The topological polar surface area (TPSA) is 62.7 Å². The van der Waals surface area contributed by atoms with Gasteiger partial charge in [0.15, 0.2) is 0 Å². The van der Waals surface area contributed by atoms with Gasteiger partial charge in [-0.15, -0.1) is 0 Å². The molecule has 0 aliphatic carbocycles. The maximum atomic E-state index is 9.17. The van der Waals surface area contributed by atoms with E-state index in [0.29, 0.717) is 10.8 Å². The highest BCUT2D eigenvalue weighted by Gasteiger charge is 2.13. The smallest absolute Gasteiger partial charge is 0.261 e. The van der Waals surface area contributed by atoms with E-state index in [9.17, 15) is 5.26 Å². The largest absolute Gasteiger partial charge is 0.436 e. The summed E-state index contributed by atoms with van der Waals surface area (Å²) < 4.78 is 5.52. The molecule has 92 valence electrons. The highest BCUT2D eigenvalue weighted by molar-refractivity contribution is 7.99. The maximum absolute atomic E-state index is 9.17. The first-order valence-electron chi connectivity index (χ1n) is 5.51. The second-order valence-corrected chi connectivity index (χ2v) is 5.05. The average molecular weight is 259 g/mol. The van der Waals surface area contributed by atoms with E-state index in [1.54, 1.807) is 0 Å². The highest BCUT2D eigenvalue weighted by atomic mass is 32.2. The molecular formula is C13H13N3OS. The van der Waals surface area contributed by atoms with E-state index in [-0.39, 0.29) is 0 Å². The van der Waals surface area contributed by atoms with Gasteiger partial charge in [-0.2, -0.15) is 5.26 Å². The van der Waals surface area contributed by atoms with Gasteiger partial charge in [0, 0.05) is 10.6 Å². The SMILES string of the molecule is Cc1cc(Sc2nc(C)c(C)o2)c(C#N)c(C)n1. The Hall–Kier alpha value is -1.80. The first-order chi connectivity index (χ1) is 8.51. The maximum Gasteiger partial charge on any atom is 0.261 e. The molecule has 5 heteroatoms. The molecule has 2 heterocycles. The van der Waals surface area contributed by atoms with Crippen LogP contribution in [0, 0.1) is 39.0 Å². The lowest BCUT2D eigenvalue weighted by atomic mass is 10.2. The number of pyridine rings is 1. The third-order valence-corrected chi connectivity index (χ3v) is 3.50. The van der Waals surface area contributed by atoms with Crippen molar-refractivity contribution in [2.75, 3.05) is 0 Å². The minimum Gasteiger partial charge on any atom is -0.436 e. The molecule has 0 bridgehead atoms. The molecule has 0 fully saturated rings. The zero-order valence-corrected chi connectivity index (χ0v) is 11.6. The zero-order chi connectivity index (χ0) is 13.3. The number of rotatable bonds is 2. The van der Waals surface area contributed by atoms with Gasteiger partial charge in [-0.25, -0.2) is 4.98 Å². The molecular weight excluding hydrogens is 246 g/mol. The molecule has 18 heavy (non-hydrogen) atoms. The standard InChI is InChI=1S/C13H13N3OS/c1-7-5-12(11(6-14)9(3)15-7)18-13-16-8(2)10(4)17-13/h5H,1-4H3. The van der Waals surface area contributed by atoms with Crippen LogP contribution in [0.3, 0.4) is 0 Å². The summed E-state index contributed by atoms with van der Waals surface area (Å²) in [5.41, 5.74) is 3.08. The number of aromatic nitrogens is 2. The summed E-state index contributed by atoms with van der Waals surface area (Å²) >= 11 is 1.36. The Labute approximate surface area is 110 Å². The van der Waals surface area contributed by atoms with Gasteiger partial charge in [0.25, 0.3) is 5.22 Å². The molecule has 0 spiro atoms. The first kappa shape index (κ1) is 12.7. The van der Waals surface area contributed by atoms with Crippen molar-refractivity contribution in [1.82, 2.24) is 9.97 Å². The van der Waals surface area contributed by atoms with Gasteiger partial charge in [0.05, 0.1) is 17.0 Å². The molecule has 0 radical (unpaired) electrons. The average Bonchev–Trinajstić information content (AvgIpc) is 2.57. The summed E-state index contributed by atoms with van der Waals surface area (Å²) in [6.07, 6.45) is 0. The van der Waals surface area contributed by atoms with Crippen LogP contribution in [0.25, 0.3) is 0 Å². The van der Waals surface area contributed by atoms with E-state index in [1.807, 2.05) is 33.8 Å². The summed E-state index contributed by atoms with van der Waals surface area (Å²) in [6.45, 7) is 7.52. The molecule has 0 saturated heterocycles. The normalized spacial score (nSPS) is 10.4. The van der Waals surface area contributed by atoms with Gasteiger partial charge < -0.3 is 4.42 Å². The quantitative estimate of drug-likeness (QED) is 0.827. The molecule has 0 N–H and O–H groups in total. The minimum absolute atomic E-state index is 0.562. The Bertz CT molecular complexity index is 621. The lowest BCUT2D eigenvalue weighted by molar-refractivity contribution is 0.431. The first-order valence-corrected chi connectivity index (χ1v) is 6.33. The number of nitriles is 1. The van der Waals surface area contributed by atoms with Crippen LogP contribution < -0.4 is 0 Å². The zero-order valence-electron chi connectivity index (χ0n) is 10.7. The molecule has 0 aromatic carbocycles. The monoisotopic (exact) mass is 259 g/mol. The molecule has 0 saturated carbocycles. The van der Waals surface area contributed by atoms with Crippen LogP contribution in [-0.4, -0.2) is 9.97 Å². The number of nitrogens with zero attached hydrogens (tertiary/aromatic N) is 3. The fourth-order valence-electron chi connectivity index (χ4n) is 1.59. The molecule has 0 amide bonds. The van der Waals surface area contributed by atoms with Crippen LogP contribution in [0.1, 0.15) is 28.4 Å². The van der Waals surface area contributed by atoms with Crippen LogP contribution in [0.4, 0.5) is 0 Å². The van der Waals surface area contributed by atoms with Crippen LogP contribution in [0.2, 0.25) is 0 Å².